The zero-order valence-electron chi connectivity index (χ0n) is 12.8. The van der Waals surface area contributed by atoms with E-state index in [1.54, 1.807) is 0 Å². The normalized spacial score (nSPS) is 16.1. The Morgan fingerprint density at radius 3 is 1.57 bits per heavy atom. The Bertz CT molecular complexity index is 943. The van der Waals surface area contributed by atoms with Crippen LogP contribution in [-0.4, -0.2) is 0 Å². The average Bonchev–Trinajstić information content (AvgIpc) is 2.90. The Morgan fingerprint density at radius 1 is 0.565 bits per heavy atom. The Kier molecular flexibility index (Phi) is 2.38. The molecule has 0 aromatic heterocycles. The molecule has 0 N–H and O–H groups in total. The topological polar surface area (TPSA) is 0 Å². The van der Waals surface area contributed by atoms with Crippen molar-refractivity contribution in [3.63, 3.8) is 0 Å². The molecule has 0 heteroatoms. The van der Waals surface area contributed by atoms with E-state index in [-0.39, 0.29) is 5.41 Å². The lowest BCUT2D eigenvalue weighted by Gasteiger charge is -2.34. The molecular weight excluding hydrogens is 276 g/mol. The van der Waals surface area contributed by atoms with E-state index in [0.717, 1.165) is 5.57 Å². The van der Waals surface area contributed by atoms with Gasteiger partial charge in [-0.1, -0.05) is 91.5 Å². The second-order valence-electron chi connectivity index (χ2n) is 6.30. The van der Waals surface area contributed by atoms with Crippen LogP contribution >= 0.6 is 0 Å². The molecule has 5 rings (SSSR count). The minimum absolute atomic E-state index is 0.190. The van der Waals surface area contributed by atoms with E-state index < -0.39 is 0 Å². The van der Waals surface area contributed by atoms with Crippen LogP contribution in [0.2, 0.25) is 0 Å². The van der Waals surface area contributed by atoms with Gasteiger partial charge in [-0.2, -0.15) is 0 Å². The van der Waals surface area contributed by atoms with Crippen LogP contribution in [0.5, 0.6) is 0 Å². The van der Waals surface area contributed by atoms with Gasteiger partial charge < -0.3 is 0 Å². The van der Waals surface area contributed by atoms with E-state index in [1.807, 2.05) is 0 Å². The molecule has 0 amide bonds. The third-order valence-electron chi connectivity index (χ3n) is 5.23. The summed E-state index contributed by atoms with van der Waals surface area (Å²) in [4.78, 5) is 0. The molecule has 0 nitrogen and oxygen atoms in total. The van der Waals surface area contributed by atoms with E-state index in [1.165, 1.54) is 33.4 Å². The lowest BCUT2D eigenvalue weighted by Crippen LogP contribution is -2.27. The summed E-state index contributed by atoms with van der Waals surface area (Å²) in [5.41, 5.74) is 8.92. The summed E-state index contributed by atoms with van der Waals surface area (Å²) in [6, 6.07) is 26.2. The Morgan fingerprint density at radius 2 is 1.00 bits per heavy atom. The van der Waals surface area contributed by atoms with Crippen LogP contribution < -0.4 is 0 Å². The summed E-state index contributed by atoms with van der Waals surface area (Å²) in [6.07, 6.45) is 4.52. The van der Waals surface area contributed by atoms with Crippen molar-refractivity contribution >= 4 is 5.57 Å². The number of fused-ring (bicyclic) bond motifs is 7. The van der Waals surface area contributed by atoms with Gasteiger partial charge in [-0.25, -0.2) is 0 Å². The number of hydrogen-bond donors (Lipinski definition) is 0. The molecule has 3 aromatic rings. The summed E-state index contributed by atoms with van der Waals surface area (Å²) in [7, 11) is 0. The highest BCUT2D eigenvalue weighted by Gasteiger charge is 2.44. The highest BCUT2D eigenvalue weighted by atomic mass is 14.5. The van der Waals surface area contributed by atoms with E-state index in [0.29, 0.717) is 0 Å². The van der Waals surface area contributed by atoms with Crippen LogP contribution in [0.3, 0.4) is 0 Å². The van der Waals surface area contributed by atoms with Gasteiger partial charge in [0, 0.05) is 0 Å². The maximum atomic E-state index is 4.24. The van der Waals surface area contributed by atoms with Crippen LogP contribution in [0.15, 0.2) is 91.5 Å². The minimum Gasteiger partial charge on any atom is -0.0912 e. The first-order chi connectivity index (χ1) is 11.3. The minimum atomic E-state index is -0.190. The van der Waals surface area contributed by atoms with Crippen molar-refractivity contribution in [2.24, 2.45) is 0 Å². The fourth-order valence-corrected chi connectivity index (χ4v) is 4.25. The molecule has 0 aliphatic heterocycles. The third kappa shape index (κ3) is 1.46. The Hall–Kier alpha value is -2.86. The van der Waals surface area contributed by atoms with Gasteiger partial charge in [-0.3, -0.25) is 0 Å². The summed E-state index contributed by atoms with van der Waals surface area (Å²) in [5.74, 6) is 0. The molecule has 0 saturated heterocycles. The van der Waals surface area contributed by atoms with Crippen molar-refractivity contribution in [3.05, 3.63) is 114 Å². The van der Waals surface area contributed by atoms with Gasteiger partial charge in [0.25, 0.3) is 0 Å². The molecule has 0 bridgehead atoms. The van der Waals surface area contributed by atoms with Crippen LogP contribution in [-0.2, 0) is 5.41 Å². The summed E-state index contributed by atoms with van der Waals surface area (Å²) in [5, 5.41) is 0. The zero-order chi connectivity index (χ0) is 15.4. The number of allylic oxidation sites excluding steroid dienone is 3. The first-order valence-corrected chi connectivity index (χ1v) is 8.00. The first-order valence-electron chi connectivity index (χ1n) is 8.00. The van der Waals surface area contributed by atoms with Gasteiger partial charge in [0.1, 0.15) is 0 Å². The fourth-order valence-electron chi connectivity index (χ4n) is 4.25. The predicted molar refractivity (Wildman–Crippen MR) is 96.4 cm³/mol. The zero-order valence-corrected chi connectivity index (χ0v) is 12.8. The summed E-state index contributed by atoms with van der Waals surface area (Å²) < 4.78 is 0. The number of benzene rings is 3. The molecule has 3 aromatic carbocycles. The van der Waals surface area contributed by atoms with Crippen molar-refractivity contribution in [1.29, 1.82) is 0 Å². The maximum absolute atomic E-state index is 4.24. The first kappa shape index (κ1) is 12.7. The monoisotopic (exact) mass is 292 g/mol. The van der Waals surface area contributed by atoms with E-state index in [2.05, 4.69) is 91.5 Å². The Balaban J connectivity index is 1.98. The molecule has 0 atom stereocenters. The van der Waals surface area contributed by atoms with Crippen molar-refractivity contribution in [2.75, 3.05) is 0 Å². The van der Waals surface area contributed by atoms with Gasteiger partial charge >= 0.3 is 0 Å². The highest BCUT2D eigenvalue weighted by Crippen LogP contribution is 2.56. The number of rotatable bonds is 0. The molecule has 108 valence electrons. The summed E-state index contributed by atoms with van der Waals surface area (Å²) >= 11 is 0. The second-order valence-corrected chi connectivity index (χ2v) is 6.30. The van der Waals surface area contributed by atoms with Crippen molar-refractivity contribution in [3.8, 4) is 11.1 Å². The second kappa shape index (κ2) is 4.33. The maximum Gasteiger partial charge on any atom is 0.0653 e. The van der Waals surface area contributed by atoms with E-state index in [9.17, 15) is 0 Å². The van der Waals surface area contributed by atoms with E-state index in [4.69, 9.17) is 0 Å². The number of hydrogen-bond acceptors (Lipinski definition) is 0. The van der Waals surface area contributed by atoms with Crippen LogP contribution in [0.4, 0.5) is 0 Å². The molecule has 2 aliphatic carbocycles. The van der Waals surface area contributed by atoms with Gasteiger partial charge in [0.05, 0.1) is 5.41 Å². The Labute approximate surface area is 136 Å². The highest BCUT2D eigenvalue weighted by molar-refractivity contribution is 5.90. The van der Waals surface area contributed by atoms with Gasteiger partial charge in [0.2, 0.25) is 0 Å². The standard InChI is InChI=1S/C23H16/c1-16-14-15-23(20-11-5-2-8-17(16)20)21-12-6-3-9-18(21)19-10-4-7-13-22(19)23/h2-15H,1H2. The lowest BCUT2D eigenvalue weighted by atomic mass is 9.67. The van der Waals surface area contributed by atoms with Gasteiger partial charge in [0.15, 0.2) is 0 Å². The van der Waals surface area contributed by atoms with Crippen molar-refractivity contribution in [1.82, 2.24) is 0 Å². The molecule has 0 saturated carbocycles. The average molecular weight is 292 g/mol. The molecule has 1 spiro atoms. The lowest BCUT2D eigenvalue weighted by molar-refractivity contribution is 0.795. The predicted octanol–water partition coefficient (Wildman–Crippen LogP) is 5.58. The van der Waals surface area contributed by atoms with Gasteiger partial charge in [-0.05, 0) is 39.0 Å². The van der Waals surface area contributed by atoms with Crippen LogP contribution in [0.25, 0.3) is 16.7 Å². The molecule has 0 fully saturated rings. The summed E-state index contributed by atoms with van der Waals surface area (Å²) in [6.45, 7) is 4.24. The largest absolute Gasteiger partial charge is 0.0912 e. The smallest absolute Gasteiger partial charge is 0.0653 e. The van der Waals surface area contributed by atoms with Crippen LogP contribution in [0, 0.1) is 0 Å². The van der Waals surface area contributed by atoms with Crippen molar-refractivity contribution in [2.45, 2.75) is 5.41 Å². The molecule has 0 unspecified atom stereocenters. The third-order valence-corrected chi connectivity index (χ3v) is 5.23. The SMILES string of the molecule is C=C1C=CC2(c3ccccc31)c1ccccc1-c1ccccc12. The van der Waals surface area contributed by atoms with Gasteiger partial charge in [-0.15, -0.1) is 0 Å². The van der Waals surface area contributed by atoms with E-state index >= 15 is 0 Å². The van der Waals surface area contributed by atoms with Crippen LogP contribution in [0.1, 0.15) is 22.3 Å². The molecule has 0 heterocycles. The molecule has 2 aliphatic rings. The molecular formula is C23H16. The fraction of sp³-hybridized carbons (Fsp3) is 0.0435. The molecule has 23 heavy (non-hydrogen) atoms. The quantitative estimate of drug-likeness (QED) is 0.507. The van der Waals surface area contributed by atoms with Crippen molar-refractivity contribution < 1.29 is 0 Å². The molecule has 0 radical (unpaired) electrons.